The predicted molar refractivity (Wildman–Crippen MR) is 57.7 cm³/mol. The van der Waals surface area contributed by atoms with E-state index in [-0.39, 0.29) is 5.54 Å². The molecular weight excluding hydrogens is 160 g/mol. The highest BCUT2D eigenvalue weighted by molar-refractivity contribution is 5.04. The summed E-state index contributed by atoms with van der Waals surface area (Å²) in [5.74, 6) is 0. The molecule has 0 fully saturated rings. The zero-order valence-electron chi connectivity index (χ0n) is 9.14. The van der Waals surface area contributed by atoms with E-state index in [1.165, 1.54) is 18.5 Å². The van der Waals surface area contributed by atoms with Crippen LogP contribution >= 0.6 is 0 Å². The molecule has 1 heterocycles. The highest BCUT2D eigenvalue weighted by Crippen LogP contribution is 2.11. The molecule has 2 nitrogen and oxygen atoms in total. The van der Waals surface area contributed by atoms with Gasteiger partial charge >= 0.3 is 0 Å². The predicted octanol–water partition coefficient (Wildman–Crippen LogP) is 1.77. The Balaban J connectivity index is 2.27. The minimum absolute atomic E-state index is 0.0188. The summed E-state index contributed by atoms with van der Waals surface area (Å²) in [4.78, 5) is 2.49. The molecule has 0 unspecified atom stereocenters. The van der Waals surface area contributed by atoms with Crippen LogP contribution in [0.3, 0.4) is 0 Å². The molecule has 2 N–H and O–H groups in total. The first-order chi connectivity index (χ1) is 5.97. The van der Waals surface area contributed by atoms with Gasteiger partial charge in [0, 0.05) is 25.2 Å². The normalized spacial score (nSPS) is 20.2. The van der Waals surface area contributed by atoms with Crippen LogP contribution in [0.25, 0.3) is 0 Å². The second-order valence-corrected chi connectivity index (χ2v) is 4.85. The van der Waals surface area contributed by atoms with Gasteiger partial charge in [-0.25, -0.2) is 0 Å². The number of hydrogen-bond acceptors (Lipinski definition) is 2. The van der Waals surface area contributed by atoms with Crippen molar-refractivity contribution in [3.63, 3.8) is 0 Å². The standard InChI is InChI=1S/C11H22N2/c1-10-5-4-7-13(9-10)8-6-11(2,3)12/h5H,4,6-9,12H2,1-3H3. The first kappa shape index (κ1) is 10.7. The summed E-state index contributed by atoms with van der Waals surface area (Å²) in [7, 11) is 0. The first-order valence-electron chi connectivity index (χ1n) is 5.14. The maximum Gasteiger partial charge on any atom is 0.0190 e. The van der Waals surface area contributed by atoms with Gasteiger partial charge in [-0.15, -0.1) is 0 Å². The highest BCUT2D eigenvalue weighted by Gasteiger charge is 2.15. The number of rotatable bonds is 3. The number of hydrogen-bond donors (Lipinski definition) is 1. The lowest BCUT2D eigenvalue weighted by atomic mass is 10.0. The fourth-order valence-electron chi connectivity index (χ4n) is 1.63. The van der Waals surface area contributed by atoms with E-state index in [1.54, 1.807) is 0 Å². The zero-order chi connectivity index (χ0) is 9.90. The smallest absolute Gasteiger partial charge is 0.0190 e. The molecule has 0 saturated carbocycles. The van der Waals surface area contributed by atoms with Gasteiger partial charge in [0.1, 0.15) is 0 Å². The van der Waals surface area contributed by atoms with E-state index < -0.39 is 0 Å². The minimum Gasteiger partial charge on any atom is -0.326 e. The van der Waals surface area contributed by atoms with Crippen molar-refractivity contribution in [1.82, 2.24) is 4.90 Å². The Morgan fingerprint density at radius 3 is 2.77 bits per heavy atom. The van der Waals surface area contributed by atoms with Crippen molar-refractivity contribution in [2.45, 2.75) is 39.2 Å². The molecule has 1 rings (SSSR count). The lowest BCUT2D eigenvalue weighted by Gasteiger charge is -2.29. The fourth-order valence-corrected chi connectivity index (χ4v) is 1.63. The molecule has 0 radical (unpaired) electrons. The third-order valence-corrected chi connectivity index (χ3v) is 2.48. The van der Waals surface area contributed by atoms with Gasteiger partial charge in [-0.1, -0.05) is 11.6 Å². The molecule has 0 atom stereocenters. The van der Waals surface area contributed by atoms with Gasteiger partial charge < -0.3 is 5.73 Å². The van der Waals surface area contributed by atoms with Crippen molar-refractivity contribution < 1.29 is 0 Å². The molecule has 0 bridgehead atoms. The molecule has 1 aliphatic rings. The summed E-state index contributed by atoms with van der Waals surface area (Å²) in [6, 6.07) is 0. The molecule has 0 aromatic carbocycles. The average molecular weight is 182 g/mol. The van der Waals surface area contributed by atoms with E-state index in [2.05, 4.69) is 31.7 Å². The van der Waals surface area contributed by atoms with E-state index in [1.807, 2.05) is 0 Å². The molecule has 0 saturated heterocycles. The summed E-state index contributed by atoms with van der Waals surface area (Å²) in [6.07, 6.45) is 4.63. The molecule has 13 heavy (non-hydrogen) atoms. The third-order valence-electron chi connectivity index (χ3n) is 2.48. The Bertz CT molecular complexity index is 189. The Labute approximate surface area is 81.8 Å². The van der Waals surface area contributed by atoms with Gasteiger partial charge in [0.25, 0.3) is 0 Å². The Morgan fingerprint density at radius 2 is 2.23 bits per heavy atom. The second kappa shape index (κ2) is 4.25. The minimum atomic E-state index is -0.0188. The molecule has 2 heteroatoms. The topological polar surface area (TPSA) is 29.3 Å². The van der Waals surface area contributed by atoms with E-state index in [0.717, 1.165) is 19.5 Å². The lowest BCUT2D eigenvalue weighted by Crippen LogP contribution is -2.39. The van der Waals surface area contributed by atoms with Gasteiger partial charge in [0.2, 0.25) is 0 Å². The largest absolute Gasteiger partial charge is 0.326 e. The van der Waals surface area contributed by atoms with Crippen LogP contribution in [0.15, 0.2) is 11.6 Å². The zero-order valence-corrected chi connectivity index (χ0v) is 9.14. The quantitative estimate of drug-likeness (QED) is 0.674. The maximum absolute atomic E-state index is 5.95. The molecule has 76 valence electrons. The molecular formula is C11H22N2. The third kappa shape index (κ3) is 4.44. The van der Waals surface area contributed by atoms with Crippen LogP contribution in [-0.4, -0.2) is 30.1 Å². The summed E-state index contributed by atoms with van der Waals surface area (Å²) in [5.41, 5.74) is 7.43. The van der Waals surface area contributed by atoms with E-state index in [0.29, 0.717) is 0 Å². The van der Waals surface area contributed by atoms with Crippen molar-refractivity contribution in [3.8, 4) is 0 Å². The monoisotopic (exact) mass is 182 g/mol. The van der Waals surface area contributed by atoms with Gasteiger partial charge in [0.15, 0.2) is 0 Å². The van der Waals surface area contributed by atoms with Crippen molar-refractivity contribution in [3.05, 3.63) is 11.6 Å². The first-order valence-corrected chi connectivity index (χ1v) is 5.14. The van der Waals surface area contributed by atoms with Crippen molar-refractivity contribution in [1.29, 1.82) is 0 Å². The van der Waals surface area contributed by atoms with Crippen LogP contribution in [0.1, 0.15) is 33.6 Å². The Hall–Kier alpha value is -0.340. The van der Waals surface area contributed by atoms with Crippen molar-refractivity contribution in [2.75, 3.05) is 19.6 Å². The Kier molecular flexibility index (Phi) is 3.51. The van der Waals surface area contributed by atoms with Gasteiger partial charge in [-0.3, -0.25) is 4.90 Å². The SMILES string of the molecule is CC1=CCCN(CCC(C)(C)N)C1. The molecule has 0 aromatic heterocycles. The Morgan fingerprint density at radius 1 is 1.54 bits per heavy atom. The number of nitrogens with zero attached hydrogens (tertiary/aromatic N) is 1. The van der Waals surface area contributed by atoms with Gasteiger partial charge in [-0.05, 0) is 33.6 Å². The van der Waals surface area contributed by atoms with Gasteiger partial charge in [0.05, 0.1) is 0 Å². The maximum atomic E-state index is 5.95. The molecule has 0 spiro atoms. The summed E-state index contributed by atoms with van der Waals surface area (Å²) < 4.78 is 0. The molecule has 0 aliphatic carbocycles. The second-order valence-electron chi connectivity index (χ2n) is 4.85. The van der Waals surface area contributed by atoms with Crippen LogP contribution in [0.5, 0.6) is 0 Å². The van der Waals surface area contributed by atoms with Crippen LogP contribution in [-0.2, 0) is 0 Å². The molecule has 0 aromatic rings. The van der Waals surface area contributed by atoms with E-state index >= 15 is 0 Å². The molecule has 0 amide bonds. The lowest BCUT2D eigenvalue weighted by molar-refractivity contribution is 0.261. The fraction of sp³-hybridized carbons (Fsp3) is 0.818. The highest BCUT2D eigenvalue weighted by atomic mass is 15.1. The van der Waals surface area contributed by atoms with Crippen LogP contribution < -0.4 is 5.73 Å². The van der Waals surface area contributed by atoms with Crippen LogP contribution in [0.2, 0.25) is 0 Å². The number of nitrogens with two attached hydrogens (primary N) is 1. The van der Waals surface area contributed by atoms with Crippen LogP contribution in [0, 0.1) is 0 Å². The van der Waals surface area contributed by atoms with Crippen molar-refractivity contribution >= 4 is 0 Å². The summed E-state index contributed by atoms with van der Waals surface area (Å²) >= 11 is 0. The summed E-state index contributed by atoms with van der Waals surface area (Å²) in [6.45, 7) is 9.87. The average Bonchev–Trinajstić information content (AvgIpc) is 2.00. The van der Waals surface area contributed by atoms with Crippen LogP contribution in [0.4, 0.5) is 0 Å². The molecule has 1 aliphatic heterocycles. The van der Waals surface area contributed by atoms with Crippen molar-refractivity contribution in [2.24, 2.45) is 5.73 Å². The van der Waals surface area contributed by atoms with E-state index in [9.17, 15) is 0 Å². The van der Waals surface area contributed by atoms with E-state index in [4.69, 9.17) is 5.73 Å². The summed E-state index contributed by atoms with van der Waals surface area (Å²) in [5, 5.41) is 0. The van der Waals surface area contributed by atoms with Gasteiger partial charge in [-0.2, -0.15) is 0 Å².